The highest BCUT2D eigenvalue weighted by Gasteiger charge is 2.50. The highest BCUT2D eigenvalue weighted by Crippen LogP contribution is 2.39. The summed E-state index contributed by atoms with van der Waals surface area (Å²) in [5.41, 5.74) is 0.975. The average molecular weight is 287 g/mol. The normalized spacial score (nSPS) is 26.7. The molecule has 0 radical (unpaired) electrons. The fraction of sp³-hybridized carbons (Fsp3) is 0.647. The van der Waals surface area contributed by atoms with E-state index in [0.717, 1.165) is 58.3 Å². The third-order valence-corrected chi connectivity index (χ3v) is 4.92. The lowest BCUT2D eigenvalue weighted by Gasteiger charge is -2.44. The van der Waals surface area contributed by atoms with Gasteiger partial charge >= 0.3 is 0 Å². The van der Waals surface area contributed by atoms with Gasteiger partial charge in [-0.05, 0) is 50.3 Å². The Morgan fingerprint density at radius 3 is 2.81 bits per heavy atom. The van der Waals surface area contributed by atoms with Crippen LogP contribution >= 0.6 is 0 Å². The summed E-state index contributed by atoms with van der Waals surface area (Å²) >= 11 is 0. The van der Waals surface area contributed by atoms with Crippen LogP contribution in [0.1, 0.15) is 44.6 Å². The topological polar surface area (TPSA) is 36.4 Å². The third-order valence-electron chi connectivity index (χ3n) is 4.92. The van der Waals surface area contributed by atoms with Crippen LogP contribution in [0.2, 0.25) is 0 Å². The quantitative estimate of drug-likeness (QED) is 0.853. The molecule has 21 heavy (non-hydrogen) atoms. The molecule has 1 atom stereocenters. The molecule has 1 spiro atoms. The van der Waals surface area contributed by atoms with Crippen LogP contribution < -0.4 is 0 Å². The Balaban J connectivity index is 1.79. The SMILES string of the molecule is CCCN1CCCC2(CCCN2Cc2cccnc2)C1=O. The second-order valence-corrected chi connectivity index (χ2v) is 6.31. The zero-order valence-corrected chi connectivity index (χ0v) is 12.9. The van der Waals surface area contributed by atoms with Crippen molar-refractivity contribution >= 4 is 5.91 Å². The number of piperidine rings is 1. The fourth-order valence-corrected chi connectivity index (χ4v) is 3.95. The van der Waals surface area contributed by atoms with Crippen LogP contribution in [0.25, 0.3) is 0 Å². The van der Waals surface area contributed by atoms with Crippen LogP contribution in [0.3, 0.4) is 0 Å². The van der Waals surface area contributed by atoms with Crippen molar-refractivity contribution in [3.8, 4) is 0 Å². The first-order valence-electron chi connectivity index (χ1n) is 8.19. The Labute approximate surface area is 127 Å². The number of hydrogen-bond acceptors (Lipinski definition) is 3. The Morgan fingerprint density at radius 1 is 1.29 bits per heavy atom. The molecule has 2 aliphatic heterocycles. The van der Waals surface area contributed by atoms with Crippen LogP contribution in [0, 0.1) is 0 Å². The first-order valence-corrected chi connectivity index (χ1v) is 8.19. The molecular weight excluding hydrogens is 262 g/mol. The minimum Gasteiger partial charge on any atom is -0.341 e. The summed E-state index contributed by atoms with van der Waals surface area (Å²) in [7, 11) is 0. The molecule has 4 nitrogen and oxygen atoms in total. The number of pyridine rings is 1. The Bertz CT molecular complexity index is 488. The van der Waals surface area contributed by atoms with Crippen LogP contribution in [-0.4, -0.2) is 45.9 Å². The van der Waals surface area contributed by atoms with Crippen molar-refractivity contribution in [3.63, 3.8) is 0 Å². The first kappa shape index (κ1) is 14.5. The molecule has 2 fully saturated rings. The number of carbonyl (C=O) groups is 1. The molecule has 1 aromatic heterocycles. The van der Waals surface area contributed by atoms with Crippen molar-refractivity contribution in [3.05, 3.63) is 30.1 Å². The molecule has 4 heteroatoms. The standard InChI is InChI=1S/C17H25N3O/c1-2-10-19-11-4-7-17(16(19)21)8-5-12-20(17)14-15-6-3-9-18-13-15/h3,6,9,13H,2,4-5,7-8,10-12,14H2,1H3. The molecule has 3 rings (SSSR count). The van der Waals surface area contributed by atoms with E-state index < -0.39 is 0 Å². The van der Waals surface area contributed by atoms with Gasteiger partial charge in [0.1, 0.15) is 5.54 Å². The summed E-state index contributed by atoms with van der Waals surface area (Å²) in [6.45, 7) is 5.87. The number of carbonyl (C=O) groups excluding carboxylic acids is 1. The van der Waals surface area contributed by atoms with Gasteiger partial charge in [0.15, 0.2) is 0 Å². The predicted octanol–water partition coefficient (Wildman–Crippen LogP) is 2.45. The fourth-order valence-electron chi connectivity index (χ4n) is 3.95. The first-order chi connectivity index (χ1) is 10.3. The lowest BCUT2D eigenvalue weighted by molar-refractivity contribution is -0.147. The van der Waals surface area contributed by atoms with Gasteiger partial charge in [-0.3, -0.25) is 14.7 Å². The summed E-state index contributed by atoms with van der Waals surface area (Å²) in [6.07, 6.45) is 9.07. The third kappa shape index (κ3) is 2.69. The number of rotatable bonds is 4. The van der Waals surface area contributed by atoms with Gasteiger partial charge < -0.3 is 4.90 Å². The van der Waals surface area contributed by atoms with Gasteiger partial charge in [0, 0.05) is 32.0 Å². The summed E-state index contributed by atoms with van der Waals surface area (Å²) < 4.78 is 0. The van der Waals surface area contributed by atoms with Gasteiger partial charge in [0.2, 0.25) is 5.91 Å². The zero-order chi connectivity index (χ0) is 14.7. The molecule has 1 unspecified atom stereocenters. The second kappa shape index (κ2) is 6.14. The van der Waals surface area contributed by atoms with E-state index in [-0.39, 0.29) is 5.54 Å². The van der Waals surface area contributed by atoms with Crippen LogP contribution in [0.4, 0.5) is 0 Å². The Hall–Kier alpha value is -1.42. The number of aromatic nitrogens is 1. The number of nitrogens with zero attached hydrogens (tertiary/aromatic N) is 3. The smallest absolute Gasteiger partial charge is 0.243 e. The van der Waals surface area contributed by atoms with E-state index in [4.69, 9.17) is 0 Å². The molecule has 1 amide bonds. The van der Waals surface area contributed by atoms with Gasteiger partial charge in [-0.25, -0.2) is 0 Å². The molecule has 3 heterocycles. The number of likely N-dealkylation sites (tertiary alicyclic amines) is 2. The maximum Gasteiger partial charge on any atom is 0.243 e. The van der Waals surface area contributed by atoms with E-state index in [2.05, 4.69) is 27.8 Å². The zero-order valence-electron chi connectivity index (χ0n) is 12.9. The maximum absolute atomic E-state index is 13.0. The van der Waals surface area contributed by atoms with E-state index in [9.17, 15) is 4.79 Å². The predicted molar refractivity (Wildman–Crippen MR) is 82.7 cm³/mol. The van der Waals surface area contributed by atoms with Crippen LogP contribution in [-0.2, 0) is 11.3 Å². The number of amides is 1. The number of hydrogen-bond donors (Lipinski definition) is 0. The molecule has 2 aliphatic rings. The molecule has 0 aliphatic carbocycles. The van der Waals surface area contributed by atoms with Crippen molar-refractivity contribution in [2.45, 2.75) is 51.1 Å². The van der Waals surface area contributed by atoms with Crippen molar-refractivity contribution < 1.29 is 4.79 Å². The van der Waals surface area contributed by atoms with Gasteiger partial charge in [-0.15, -0.1) is 0 Å². The monoisotopic (exact) mass is 287 g/mol. The van der Waals surface area contributed by atoms with E-state index >= 15 is 0 Å². The minimum atomic E-state index is -0.233. The van der Waals surface area contributed by atoms with Gasteiger partial charge in [0.25, 0.3) is 0 Å². The lowest BCUT2D eigenvalue weighted by Crippen LogP contribution is -2.59. The molecule has 0 saturated carbocycles. The Morgan fingerprint density at radius 2 is 2.10 bits per heavy atom. The second-order valence-electron chi connectivity index (χ2n) is 6.31. The van der Waals surface area contributed by atoms with Crippen LogP contribution in [0.5, 0.6) is 0 Å². The molecule has 0 aromatic carbocycles. The summed E-state index contributed by atoms with van der Waals surface area (Å²) in [5.74, 6) is 0.372. The van der Waals surface area contributed by atoms with E-state index in [0.29, 0.717) is 5.91 Å². The van der Waals surface area contributed by atoms with Gasteiger partial charge in [-0.2, -0.15) is 0 Å². The lowest BCUT2D eigenvalue weighted by atomic mass is 9.85. The summed E-state index contributed by atoms with van der Waals surface area (Å²) in [5, 5.41) is 0. The highest BCUT2D eigenvalue weighted by atomic mass is 16.2. The average Bonchev–Trinajstić information content (AvgIpc) is 2.89. The van der Waals surface area contributed by atoms with E-state index in [1.807, 2.05) is 12.3 Å². The van der Waals surface area contributed by atoms with Crippen molar-refractivity contribution in [1.29, 1.82) is 0 Å². The molecule has 0 N–H and O–H groups in total. The molecule has 1 aromatic rings. The largest absolute Gasteiger partial charge is 0.341 e. The van der Waals surface area contributed by atoms with Crippen molar-refractivity contribution in [1.82, 2.24) is 14.8 Å². The molecule has 0 bridgehead atoms. The van der Waals surface area contributed by atoms with Crippen molar-refractivity contribution in [2.75, 3.05) is 19.6 Å². The molecule has 2 saturated heterocycles. The van der Waals surface area contributed by atoms with Gasteiger partial charge in [0.05, 0.1) is 0 Å². The van der Waals surface area contributed by atoms with Gasteiger partial charge in [-0.1, -0.05) is 13.0 Å². The molecular formula is C17H25N3O. The minimum absolute atomic E-state index is 0.233. The molecule has 114 valence electrons. The summed E-state index contributed by atoms with van der Waals surface area (Å²) in [4.78, 5) is 21.7. The summed E-state index contributed by atoms with van der Waals surface area (Å²) in [6, 6.07) is 4.08. The highest BCUT2D eigenvalue weighted by molar-refractivity contribution is 5.87. The Kier molecular flexibility index (Phi) is 4.24. The maximum atomic E-state index is 13.0. The van der Waals surface area contributed by atoms with E-state index in [1.165, 1.54) is 5.56 Å². The van der Waals surface area contributed by atoms with Crippen molar-refractivity contribution in [2.24, 2.45) is 0 Å². The van der Waals surface area contributed by atoms with E-state index in [1.54, 1.807) is 6.20 Å². The van der Waals surface area contributed by atoms with Crippen LogP contribution in [0.15, 0.2) is 24.5 Å².